The average molecular weight is 368 g/mol. The van der Waals surface area contributed by atoms with Crippen molar-refractivity contribution in [3.63, 3.8) is 0 Å². The fourth-order valence-corrected chi connectivity index (χ4v) is 2.95. The molecule has 0 bridgehead atoms. The molecule has 0 heterocycles. The molecule has 0 aliphatic rings. The molecule has 1 aromatic carbocycles. The molecule has 0 radical (unpaired) electrons. The van der Waals surface area contributed by atoms with Crippen LogP contribution in [0.2, 0.25) is 10.0 Å². The number of benzene rings is 1. The fraction of sp³-hybridized carbons (Fsp3) is 0.308. The molecule has 0 saturated heterocycles. The number of aliphatic carboxylic acids is 1. The third kappa shape index (κ3) is 3.35. The van der Waals surface area contributed by atoms with Gasteiger partial charge in [-0.05, 0) is 18.6 Å². The van der Waals surface area contributed by atoms with Crippen LogP contribution in [0.5, 0.6) is 0 Å². The normalized spacial score (nSPS) is 14.9. The van der Waals surface area contributed by atoms with Gasteiger partial charge in [-0.25, -0.2) is 4.79 Å². The van der Waals surface area contributed by atoms with Gasteiger partial charge in [-0.1, -0.05) is 30.1 Å². The van der Waals surface area contributed by atoms with Crippen LogP contribution in [0.3, 0.4) is 0 Å². The van der Waals surface area contributed by atoms with Crippen molar-refractivity contribution < 1.29 is 23.1 Å². The largest absolute Gasteiger partial charge is 0.477 e. The van der Waals surface area contributed by atoms with Crippen LogP contribution in [0.1, 0.15) is 24.5 Å². The molecular formula is C13H10Cl2F3N3O2. The van der Waals surface area contributed by atoms with Crippen LogP contribution in [0.15, 0.2) is 17.2 Å². The monoisotopic (exact) mass is 367 g/mol. The molecule has 0 aliphatic heterocycles. The third-order valence-corrected chi connectivity index (χ3v) is 3.85. The van der Waals surface area contributed by atoms with Crippen molar-refractivity contribution in [2.24, 2.45) is 10.9 Å². The van der Waals surface area contributed by atoms with Gasteiger partial charge in [0.15, 0.2) is 5.71 Å². The number of rotatable bonds is 4. The maximum absolute atomic E-state index is 12.8. The SMILES string of the molecule is CCC(C#N)(C(=NN)C(=O)O)c1c(Cl)cc(C(F)(F)F)cc1Cl. The highest BCUT2D eigenvalue weighted by molar-refractivity contribution is 6.43. The molecule has 0 amide bonds. The standard InChI is InChI=1S/C13H10Cl2F3N3O2/c1-2-12(5-19,10(21-20)11(22)23)9-7(14)3-6(4-8(9)15)13(16,17)18/h3-4H,2,20H2,1H3,(H,22,23). The number of hydrogen-bond acceptors (Lipinski definition) is 4. The molecule has 0 aliphatic carbocycles. The average Bonchev–Trinajstić information content (AvgIpc) is 2.43. The van der Waals surface area contributed by atoms with Crippen LogP contribution in [0.25, 0.3) is 0 Å². The third-order valence-electron chi connectivity index (χ3n) is 3.25. The zero-order valence-corrected chi connectivity index (χ0v) is 13.1. The second kappa shape index (κ2) is 6.64. The predicted molar refractivity (Wildman–Crippen MR) is 78.3 cm³/mol. The number of carboxylic acid groups (broad SMARTS) is 1. The lowest BCUT2D eigenvalue weighted by Gasteiger charge is -2.27. The van der Waals surface area contributed by atoms with Crippen LogP contribution in [0.4, 0.5) is 13.2 Å². The summed E-state index contributed by atoms with van der Waals surface area (Å²) >= 11 is 11.7. The summed E-state index contributed by atoms with van der Waals surface area (Å²) in [5.41, 5.74) is -4.17. The number of nitrogens with zero attached hydrogens (tertiary/aromatic N) is 2. The summed E-state index contributed by atoms with van der Waals surface area (Å²) in [5.74, 6) is 3.43. The Kier molecular flexibility index (Phi) is 5.51. The molecule has 1 rings (SSSR count). The smallest absolute Gasteiger partial charge is 0.416 e. The molecular weight excluding hydrogens is 358 g/mol. The topological polar surface area (TPSA) is 99.5 Å². The first-order chi connectivity index (χ1) is 10.5. The van der Waals surface area contributed by atoms with Crippen molar-refractivity contribution in [3.05, 3.63) is 33.3 Å². The summed E-state index contributed by atoms with van der Waals surface area (Å²) in [6, 6.07) is 2.85. The Morgan fingerprint density at radius 1 is 1.39 bits per heavy atom. The van der Waals surface area contributed by atoms with Gasteiger partial charge in [-0.15, -0.1) is 0 Å². The number of nitriles is 1. The Morgan fingerprint density at radius 3 is 2.13 bits per heavy atom. The van der Waals surface area contributed by atoms with Gasteiger partial charge < -0.3 is 10.9 Å². The van der Waals surface area contributed by atoms with Crippen molar-refractivity contribution in [2.45, 2.75) is 24.9 Å². The maximum Gasteiger partial charge on any atom is 0.416 e. The number of alkyl halides is 3. The van der Waals surface area contributed by atoms with E-state index in [0.29, 0.717) is 12.1 Å². The molecule has 1 aromatic rings. The van der Waals surface area contributed by atoms with Crippen LogP contribution in [-0.4, -0.2) is 16.8 Å². The molecule has 10 heteroatoms. The minimum Gasteiger partial charge on any atom is -0.477 e. The predicted octanol–water partition coefficient (Wildman–Crippen LogP) is 3.58. The van der Waals surface area contributed by atoms with Gasteiger partial charge in [-0.3, -0.25) is 0 Å². The van der Waals surface area contributed by atoms with E-state index >= 15 is 0 Å². The summed E-state index contributed by atoms with van der Waals surface area (Å²) in [6.45, 7) is 1.43. The van der Waals surface area contributed by atoms with Crippen LogP contribution in [-0.2, 0) is 16.4 Å². The molecule has 1 atom stereocenters. The molecule has 23 heavy (non-hydrogen) atoms. The second-order valence-electron chi connectivity index (χ2n) is 4.47. The van der Waals surface area contributed by atoms with Gasteiger partial charge in [0.05, 0.1) is 11.6 Å². The summed E-state index contributed by atoms with van der Waals surface area (Å²) in [6.07, 6.45) is -4.87. The van der Waals surface area contributed by atoms with E-state index in [-0.39, 0.29) is 12.0 Å². The Hall–Kier alpha value is -1.98. The van der Waals surface area contributed by atoms with Crippen LogP contribution in [0, 0.1) is 11.3 Å². The van der Waals surface area contributed by atoms with E-state index < -0.39 is 38.9 Å². The number of hydrogen-bond donors (Lipinski definition) is 2. The molecule has 0 saturated carbocycles. The van der Waals surface area contributed by atoms with Gasteiger partial charge in [0.25, 0.3) is 0 Å². The highest BCUT2D eigenvalue weighted by Crippen LogP contribution is 2.43. The van der Waals surface area contributed by atoms with E-state index in [1.54, 1.807) is 6.07 Å². The Balaban J connectivity index is 3.78. The van der Waals surface area contributed by atoms with E-state index in [2.05, 4.69) is 5.10 Å². The summed E-state index contributed by atoms with van der Waals surface area (Å²) in [7, 11) is 0. The minimum absolute atomic E-state index is 0.170. The van der Waals surface area contributed by atoms with Gasteiger partial charge in [0.1, 0.15) is 5.41 Å². The summed E-state index contributed by atoms with van der Waals surface area (Å²) in [4.78, 5) is 11.3. The Labute approximate surface area is 139 Å². The summed E-state index contributed by atoms with van der Waals surface area (Å²) < 4.78 is 38.3. The number of nitrogens with two attached hydrogens (primary N) is 1. The van der Waals surface area contributed by atoms with Gasteiger partial charge in [0, 0.05) is 15.6 Å². The Morgan fingerprint density at radius 2 is 1.87 bits per heavy atom. The molecule has 0 aromatic heterocycles. The molecule has 1 unspecified atom stereocenters. The zero-order valence-electron chi connectivity index (χ0n) is 11.6. The number of halogens is 5. The van der Waals surface area contributed by atoms with Gasteiger partial charge >= 0.3 is 12.1 Å². The van der Waals surface area contributed by atoms with E-state index in [1.807, 2.05) is 0 Å². The lowest BCUT2D eigenvalue weighted by Crippen LogP contribution is -2.40. The van der Waals surface area contributed by atoms with E-state index in [1.165, 1.54) is 6.92 Å². The quantitative estimate of drug-likeness (QED) is 0.482. The first-order valence-electron chi connectivity index (χ1n) is 6.04. The molecule has 5 nitrogen and oxygen atoms in total. The van der Waals surface area contributed by atoms with Crippen LogP contribution >= 0.6 is 23.2 Å². The minimum atomic E-state index is -4.70. The van der Waals surface area contributed by atoms with Crippen molar-refractivity contribution >= 4 is 34.9 Å². The second-order valence-corrected chi connectivity index (χ2v) is 5.28. The van der Waals surface area contributed by atoms with Gasteiger partial charge in [0.2, 0.25) is 0 Å². The maximum atomic E-state index is 12.8. The van der Waals surface area contributed by atoms with E-state index in [4.69, 9.17) is 34.2 Å². The molecule has 0 fully saturated rings. The van der Waals surface area contributed by atoms with E-state index in [9.17, 15) is 23.2 Å². The highest BCUT2D eigenvalue weighted by atomic mass is 35.5. The first kappa shape index (κ1) is 19.1. The lowest BCUT2D eigenvalue weighted by atomic mass is 9.74. The Bertz CT molecular complexity index is 690. The number of hydrazone groups is 1. The molecule has 0 spiro atoms. The lowest BCUT2D eigenvalue weighted by molar-refractivity contribution is -0.137. The fourth-order valence-electron chi connectivity index (χ4n) is 2.14. The summed E-state index contributed by atoms with van der Waals surface area (Å²) in [5, 5.41) is 20.7. The van der Waals surface area contributed by atoms with Crippen molar-refractivity contribution in [2.75, 3.05) is 0 Å². The van der Waals surface area contributed by atoms with Gasteiger partial charge in [-0.2, -0.15) is 23.5 Å². The van der Waals surface area contributed by atoms with Crippen molar-refractivity contribution in [1.82, 2.24) is 0 Å². The molecule has 124 valence electrons. The number of carbonyl (C=O) groups is 1. The van der Waals surface area contributed by atoms with E-state index in [0.717, 1.165) is 0 Å². The highest BCUT2D eigenvalue weighted by Gasteiger charge is 2.45. The van der Waals surface area contributed by atoms with Crippen LogP contribution < -0.4 is 5.84 Å². The van der Waals surface area contributed by atoms with Crippen molar-refractivity contribution in [1.29, 1.82) is 5.26 Å². The van der Waals surface area contributed by atoms with Crippen molar-refractivity contribution in [3.8, 4) is 6.07 Å². The first-order valence-corrected chi connectivity index (χ1v) is 6.80. The number of carboxylic acids is 1. The molecule has 3 N–H and O–H groups in total. The zero-order chi connectivity index (χ0) is 18.0.